The van der Waals surface area contributed by atoms with E-state index >= 15 is 0 Å². The molecule has 0 aliphatic carbocycles. The number of amides is 3. The van der Waals surface area contributed by atoms with Crippen LogP contribution < -0.4 is 10.1 Å². The number of methoxy groups -OCH3 is 1. The SMILES string of the molecule is CCOC(=O)CC(NC(=O)c1ccc2c(c1)C(=O)N(Cc1ccccc1)C2=O)c1cccc(OC)c1. The van der Waals surface area contributed by atoms with Crippen LogP contribution in [0.5, 0.6) is 5.75 Å². The van der Waals surface area contributed by atoms with E-state index in [4.69, 9.17) is 9.47 Å². The largest absolute Gasteiger partial charge is 0.497 e. The lowest BCUT2D eigenvalue weighted by molar-refractivity contribution is -0.143. The first-order valence-electron chi connectivity index (χ1n) is 11.6. The van der Waals surface area contributed by atoms with Gasteiger partial charge in [0.25, 0.3) is 17.7 Å². The fourth-order valence-electron chi connectivity index (χ4n) is 4.08. The molecule has 1 aliphatic heterocycles. The molecule has 1 aliphatic rings. The van der Waals surface area contributed by atoms with Crippen molar-refractivity contribution in [3.63, 3.8) is 0 Å². The van der Waals surface area contributed by atoms with Crippen LogP contribution in [-0.4, -0.2) is 42.3 Å². The average Bonchev–Trinajstić information content (AvgIpc) is 3.13. The fourth-order valence-corrected chi connectivity index (χ4v) is 4.08. The lowest BCUT2D eigenvalue weighted by atomic mass is 10.0. The fraction of sp³-hybridized carbons (Fsp3) is 0.214. The Labute approximate surface area is 208 Å². The minimum absolute atomic E-state index is 0.0834. The summed E-state index contributed by atoms with van der Waals surface area (Å²) < 4.78 is 10.3. The van der Waals surface area contributed by atoms with Crippen LogP contribution in [0.25, 0.3) is 0 Å². The summed E-state index contributed by atoms with van der Waals surface area (Å²) in [6.45, 7) is 2.07. The predicted molar refractivity (Wildman–Crippen MR) is 132 cm³/mol. The summed E-state index contributed by atoms with van der Waals surface area (Å²) in [5.74, 6) is -1.23. The molecule has 4 rings (SSSR count). The van der Waals surface area contributed by atoms with Crippen LogP contribution in [-0.2, 0) is 16.1 Å². The number of imide groups is 1. The molecule has 0 saturated carbocycles. The topological polar surface area (TPSA) is 102 Å². The molecule has 1 heterocycles. The van der Waals surface area contributed by atoms with Crippen molar-refractivity contribution in [3.8, 4) is 5.75 Å². The van der Waals surface area contributed by atoms with E-state index in [1.165, 1.54) is 30.2 Å². The molecule has 3 amide bonds. The minimum atomic E-state index is -0.688. The van der Waals surface area contributed by atoms with Crippen LogP contribution in [0.15, 0.2) is 72.8 Å². The van der Waals surface area contributed by atoms with Gasteiger partial charge in [0.05, 0.1) is 43.9 Å². The third kappa shape index (κ3) is 5.27. The maximum Gasteiger partial charge on any atom is 0.308 e. The van der Waals surface area contributed by atoms with E-state index in [-0.39, 0.29) is 36.3 Å². The van der Waals surface area contributed by atoms with Crippen molar-refractivity contribution in [1.29, 1.82) is 0 Å². The van der Waals surface area contributed by atoms with Gasteiger partial charge in [-0.25, -0.2) is 0 Å². The standard InChI is InChI=1S/C28H26N2O6/c1-3-36-25(31)16-24(19-10-7-11-21(14-19)35-2)29-26(32)20-12-13-22-23(15-20)28(34)30(27(22)33)17-18-8-5-4-6-9-18/h4-15,24H,3,16-17H2,1-2H3,(H,29,32). The highest BCUT2D eigenvalue weighted by atomic mass is 16.5. The third-order valence-corrected chi connectivity index (χ3v) is 5.89. The molecule has 0 fully saturated rings. The first-order valence-corrected chi connectivity index (χ1v) is 11.6. The van der Waals surface area contributed by atoms with Gasteiger partial charge in [-0.1, -0.05) is 42.5 Å². The predicted octanol–water partition coefficient (Wildman–Crippen LogP) is 3.92. The van der Waals surface area contributed by atoms with E-state index in [0.717, 1.165) is 5.56 Å². The van der Waals surface area contributed by atoms with Gasteiger partial charge in [-0.2, -0.15) is 0 Å². The van der Waals surface area contributed by atoms with Crippen molar-refractivity contribution in [2.75, 3.05) is 13.7 Å². The second-order valence-electron chi connectivity index (χ2n) is 8.25. The number of esters is 1. The molecule has 0 radical (unpaired) electrons. The Morgan fingerprint density at radius 2 is 1.67 bits per heavy atom. The molecule has 0 saturated heterocycles. The van der Waals surface area contributed by atoms with Crippen molar-refractivity contribution >= 4 is 23.7 Å². The summed E-state index contributed by atoms with van der Waals surface area (Å²) in [7, 11) is 1.53. The normalized spacial score (nSPS) is 13.2. The number of carbonyl (C=O) groups excluding carboxylic acids is 4. The summed E-state index contributed by atoms with van der Waals surface area (Å²) in [5, 5.41) is 2.85. The molecule has 0 aromatic heterocycles. The zero-order valence-corrected chi connectivity index (χ0v) is 20.0. The molecule has 1 unspecified atom stereocenters. The summed E-state index contributed by atoms with van der Waals surface area (Å²) >= 11 is 0. The summed E-state index contributed by atoms with van der Waals surface area (Å²) in [6.07, 6.45) is -0.0834. The molecule has 0 spiro atoms. The summed E-state index contributed by atoms with van der Waals surface area (Å²) in [5.41, 5.74) is 2.12. The van der Waals surface area contributed by atoms with Crippen molar-refractivity contribution in [3.05, 3.63) is 101 Å². The van der Waals surface area contributed by atoms with E-state index in [2.05, 4.69) is 5.32 Å². The number of ether oxygens (including phenoxy) is 2. The first kappa shape index (κ1) is 24.7. The number of carbonyl (C=O) groups is 4. The van der Waals surface area contributed by atoms with Gasteiger partial charge in [-0.3, -0.25) is 24.1 Å². The summed E-state index contributed by atoms with van der Waals surface area (Å²) in [6, 6.07) is 20.0. The highest BCUT2D eigenvalue weighted by Gasteiger charge is 2.36. The minimum Gasteiger partial charge on any atom is -0.497 e. The molecule has 184 valence electrons. The Hall–Kier alpha value is -4.46. The number of hydrogen-bond acceptors (Lipinski definition) is 6. The van der Waals surface area contributed by atoms with Crippen LogP contribution >= 0.6 is 0 Å². The maximum absolute atomic E-state index is 13.2. The van der Waals surface area contributed by atoms with Gasteiger partial charge in [-0.05, 0) is 48.4 Å². The Balaban J connectivity index is 1.56. The number of rotatable bonds is 9. The van der Waals surface area contributed by atoms with Crippen molar-refractivity contribution in [1.82, 2.24) is 10.2 Å². The number of hydrogen-bond donors (Lipinski definition) is 1. The zero-order valence-electron chi connectivity index (χ0n) is 20.0. The zero-order chi connectivity index (χ0) is 25.7. The lowest BCUT2D eigenvalue weighted by Gasteiger charge is -2.19. The van der Waals surface area contributed by atoms with E-state index in [0.29, 0.717) is 11.3 Å². The molecule has 3 aromatic carbocycles. The summed E-state index contributed by atoms with van der Waals surface area (Å²) in [4.78, 5) is 52.4. The number of fused-ring (bicyclic) bond motifs is 1. The van der Waals surface area contributed by atoms with Gasteiger partial charge in [0.2, 0.25) is 0 Å². The monoisotopic (exact) mass is 486 g/mol. The van der Waals surface area contributed by atoms with Crippen LogP contribution in [0.3, 0.4) is 0 Å². The smallest absolute Gasteiger partial charge is 0.308 e. The highest BCUT2D eigenvalue weighted by Crippen LogP contribution is 2.27. The Kier molecular flexibility index (Phi) is 7.44. The van der Waals surface area contributed by atoms with Crippen LogP contribution in [0.4, 0.5) is 0 Å². The molecular formula is C28H26N2O6. The second kappa shape index (κ2) is 10.9. The third-order valence-electron chi connectivity index (χ3n) is 5.89. The van der Waals surface area contributed by atoms with Gasteiger partial charge in [0.1, 0.15) is 5.75 Å². The average molecular weight is 487 g/mol. The van der Waals surface area contributed by atoms with Gasteiger partial charge < -0.3 is 14.8 Å². The molecule has 36 heavy (non-hydrogen) atoms. The number of nitrogens with one attached hydrogen (secondary N) is 1. The van der Waals surface area contributed by atoms with E-state index in [9.17, 15) is 19.2 Å². The van der Waals surface area contributed by atoms with Gasteiger partial charge in [0.15, 0.2) is 0 Å². The van der Waals surface area contributed by atoms with E-state index in [1.54, 1.807) is 31.2 Å². The van der Waals surface area contributed by atoms with Crippen molar-refractivity contribution < 1.29 is 28.7 Å². The molecule has 8 heteroatoms. The molecule has 0 bridgehead atoms. The Bertz CT molecular complexity index is 1300. The van der Waals surface area contributed by atoms with Crippen molar-refractivity contribution in [2.24, 2.45) is 0 Å². The van der Waals surface area contributed by atoms with Crippen LogP contribution in [0, 0.1) is 0 Å². The lowest BCUT2D eigenvalue weighted by Crippen LogP contribution is -2.31. The van der Waals surface area contributed by atoms with Crippen molar-refractivity contribution in [2.45, 2.75) is 25.9 Å². The van der Waals surface area contributed by atoms with Crippen LogP contribution in [0.1, 0.15) is 61.6 Å². The highest BCUT2D eigenvalue weighted by molar-refractivity contribution is 6.22. The van der Waals surface area contributed by atoms with Gasteiger partial charge >= 0.3 is 5.97 Å². The number of nitrogens with zero attached hydrogens (tertiary/aromatic N) is 1. The second-order valence-corrected chi connectivity index (χ2v) is 8.25. The first-order chi connectivity index (χ1) is 17.4. The van der Waals surface area contributed by atoms with Crippen LogP contribution in [0.2, 0.25) is 0 Å². The van der Waals surface area contributed by atoms with Gasteiger partial charge in [0, 0.05) is 5.56 Å². The molecule has 8 nitrogen and oxygen atoms in total. The molecular weight excluding hydrogens is 460 g/mol. The Morgan fingerprint density at radius 3 is 2.39 bits per heavy atom. The van der Waals surface area contributed by atoms with E-state index in [1.807, 2.05) is 30.3 Å². The van der Waals surface area contributed by atoms with E-state index < -0.39 is 29.7 Å². The number of benzene rings is 3. The Morgan fingerprint density at radius 1 is 0.917 bits per heavy atom. The molecule has 3 aromatic rings. The maximum atomic E-state index is 13.2. The van der Waals surface area contributed by atoms with Gasteiger partial charge in [-0.15, -0.1) is 0 Å². The molecule has 1 N–H and O–H groups in total. The quantitative estimate of drug-likeness (QED) is 0.363. The molecule has 1 atom stereocenters.